The molecule has 0 saturated carbocycles. The van der Waals surface area contributed by atoms with Crippen molar-refractivity contribution in [2.24, 2.45) is 5.41 Å². The molecule has 0 aromatic heterocycles. The standard InChI is InChI=1S/C13H25N3O4S/c1-15(2)12(17)14-11-10-20-9-6-13(11)4-7-16(8-5-13)21(3,18)19/h11H,4-10H2,1-3H3,(H,14,17). The smallest absolute Gasteiger partial charge is 0.317 e. The summed E-state index contributed by atoms with van der Waals surface area (Å²) in [5.41, 5.74) is -0.0505. The van der Waals surface area contributed by atoms with Gasteiger partial charge in [-0.2, -0.15) is 0 Å². The van der Waals surface area contributed by atoms with Crippen molar-refractivity contribution in [1.82, 2.24) is 14.5 Å². The first kappa shape index (κ1) is 16.5. The van der Waals surface area contributed by atoms with Crippen LogP contribution in [0.3, 0.4) is 0 Å². The molecular formula is C13H25N3O4S. The maximum Gasteiger partial charge on any atom is 0.317 e. The molecule has 0 radical (unpaired) electrons. The number of hydrogen-bond acceptors (Lipinski definition) is 4. The van der Waals surface area contributed by atoms with Gasteiger partial charge in [0.2, 0.25) is 10.0 Å². The minimum Gasteiger partial charge on any atom is -0.379 e. The van der Waals surface area contributed by atoms with Gasteiger partial charge in [-0.05, 0) is 24.7 Å². The summed E-state index contributed by atoms with van der Waals surface area (Å²) < 4.78 is 30.3. The quantitative estimate of drug-likeness (QED) is 0.782. The number of nitrogens with one attached hydrogen (secondary N) is 1. The van der Waals surface area contributed by atoms with Gasteiger partial charge in [0.1, 0.15) is 0 Å². The highest BCUT2D eigenvalue weighted by Gasteiger charge is 2.45. The molecule has 2 heterocycles. The van der Waals surface area contributed by atoms with E-state index in [1.54, 1.807) is 14.1 Å². The molecule has 122 valence electrons. The van der Waals surface area contributed by atoms with Gasteiger partial charge in [0.25, 0.3) is 0 Å². The summed E-state index contributed by atoms with van der Waals surface area (Å²) in [6.07, 6.45) is 3.65. The Labute approximate surface area is 126 Å². The maximum absolute atomic E-state index is 11.9. The largest absolute Gasteiger partial charge is 0.379 e. The van der Waals surface area contributed by atoms with Crippen LogP contribution in [0.5, 0.6) is 0 Å². The number of sulfonamides is 1. The second-order valence-corrected chi connectivity index (χ2v) is 8.23. The third kappa shape index (κ3) is 3.67. The average molecular weight is 319 g/mol. The van der Waals surface area contributed by atoms with Crippen molar-refractivity contribution in [3.8, 4) is 0 Å². The molecule has 2 saturated heterocycles. The van der Waals surface area contributed by atoms with E-state index in [9.17, 15) is 13.2 Å². The van der Waals surface area contributed by atoms with Gasteiger partial charge in [-0.1, -0.05) is 0 Å². The van der Waals surface area contributed by atoms with E-state index in [-0.39, 0.29) is 17.5 Å². The third-order valence-electron chi connectivity index (χ3n) is 4.66. The summed E-state index contributed by atoms with van der Waals surface area (Å²) >= 11 is 0. The van der Waals surface area contributed by atoms with Gasteiger partial charge < -0.3 is 15.0 Å². The maximum atomic E-state index is 11.9. The Morgan fingerprint density at radius 3 is 2.43 bits per heavy atom. The van der Waals surface area contributed by atoms with Crippen LogP contribution in [-0.4, -0.2) is 76.4 Å². The van der Waals surface area contributed by atoms with Crippen molar-refractivity contribution in [3.05, 3.63) is 0 Å². The number of hydrogen-bond donors (Lipinski definition) is 1. The molecule has 1 atom stereocenters. The Morgan fingerprint density at radius 1 is 1.29 bits per heavy atom. The molecule has 0 bridgehead atoms. The van der Waals surface area contributed by atoms with Crippen LogP contribution in [0.1, 0.15) is 19.3 Å². The first-order chi connectivity index (χ1) is 9.74. The minimum atomic E-state index is -3.13. The molecule has 2 aliphatic heterocycles. The number of rotatable bonds is 2. The first-order valence-electron chi connectivity index (χ1n) is 7.25. The van der Waals surface area contributed by atoms with Crippen LogP contribution >= 0.6 is 0 Å². The summed E-state index contributed by atoms with van der Waals surface area (Å²) in [5, 5.41) is 3.03. The van der Waals surface area contributed by atoms with Crippen molar-refractivity contribution in [3.63, 3.8) is 0 Å². The van der Waals surface area contributed by atoms with E-state index in [0.717, 1.165) is 19.3 Å². The number of amides is 2. The van der Waals surface area contributed by atoms with E-state index in [2.05, 4.69) is 5.32 Å². The molecule has 0 aliphatic carbocycles. The zero-order chi connectivity index (χ0) is 15.7. The van der Waals surface area contributed by atoms with Crippen LogP contribution in [0, 0.1) is 5.41 Å². The van der Waals surface area contributed by atoms with Crippen molar-refractivity contribution < 1.29 is 17.9 Å². The highest BCUT2D eigenvalue weighted by Crippen LogP contribution is 2.41. The molecule has 1 unspecified atom stereocenters. The molecule has 0 aromatic carbocycles. The monoisotopic (exact) mass is 319 g/mol. The van der Waals surface area contributed by atoms with Crippen LogP contribution in [0.25, 0.3) is 0 Å². The van der Waals surface area contributed by atoms with Crippen molar-refractivity contribution in [2.45, 2.75) is 25.3 Å². The Bertz CT molecular complexity index is 484. The van der Waals surface area contributed by atoms with Gasteiger partial charge >= 0.3 is 6.03 Å². The number of ether oxygens (including phenoxy) is 1. The second-order valence-electron chi connectivity index (χ2n) is 6.25. The summed E-state index contributed by atoms with van der Waals surface area (Å²) in [6, 6.07) is -0.182. The SMILES string of the molecule is CN(C)C(=O)NC1COCCC12CCN(S(C)(=O)=O)CC2. The lowest BCUT2D eigenvalue weighted by molar-refractivity contribution is -0.0386. The van der Waals surface area contributed by atoms with E-state index in [4.69, 9.17) is 4.74 Å². The molecule has 21 heavy (non-hydrogen) atoms. The predicted molar refractivity (Wildman–Crippen MR) is 79.5 cm³/mol. The molecule has 0 aromatic rings. The van der Waals surface area contributed by atoms with Gasteiger partial charge in [0.15, 0.2) is 0 Å². The number of carbonyl (C=O) groups is 1. The van der Waals surface area contributed by atoms with E-state index in [1.165, 1.54) is 15.5 Å². The van der Waals surface area contributed by atoms with Crippen molar-refractivity contribution in [2.75, 3.05) is 46.7 Å². The lowest BCUT2D eigenvalue weighted by Crippen LogP contribution is -2.59. The molecule has 2 fully saturated rings. The lowest BCUT2D eigenvalue weighted by atomic mass is 9.69. The molecule has 2 rings (SSSR count). The lowest BCUT2D eigenvalue weighted by Gasteiger charge is -2.48. The Kier molecular flexibility index (Phi) is 4.79. The Balaban J connectivity index is 2.07. The van der Waals surface area contributed by atoms with E-state index in [1.807, 2.05) is 0 Å². The van der Waals surface area contributed by atoms with Gasteiger partial charge in [0.05, 0.1) is 18.9 Å². The number of piperidine rings is 1. The summed E-state index contributed by atoms with van der Waals surface area (Å²) in [4.78, 5) is 13.4. The minimum absolute atomic E-state index is 0.0505. The van der Waals surface area contributed by atoms with Gasteiger partial charge in [-0.15, -0.1) is 0 Å². The van der Waals surface area contributed by atoms with Crippen LogP contribution in [-0.2, 0) is 14.8 Å². The summed E-state index contributed by atoms with van der Waals surface area (Å²) in [5.74, 6) is 0. The fourth-order valence-electron chi connectivity index (χ4n) is 3.16. The molecule has 1 spiro atoms. The summed E-state index contributed by atoms with van der Waals surface area (Å²) in [6.45, 7) is 2.21. The average Bonchev–Trinajstić information content (AvgIpc) is 2.41. The van der Waals surface area contributed by atoms with Gasteiger partial charge in [-0.25, -0.2) is 17.5 Å². The van der Waals surface area contributed by atoms with Crippen LogP contribution in [0.2, 0.25) is 0 Å². The van der Waals surface area contributed by atoms with Crippen molar-refractivity contribution in [1.29, 1.82) is 0 Å². The fraction of sp³-hybridized carbons (Fsp3) is 0.923. The molecular weight excluding hydrogens is 294 g/mol. The second kappa shape index (κ2) is 6.10. The molecule has 8 heteroatoms. The topological polar surface area (TPSA) is 79.0 Å². The Morgan fingerprint density at radius 2 is 1.90 bits per heavy atom. The first-order valence-corrected chi connectivity index (χ1v) is 9.10. The fourth-order valence-corrected chi connectivity index (χ4v) is 4.01. The predicted octanol–water partition coefficient (Wildman–Crippen LogP) is 0.0883. The van der Waals surface area contributed by atoms with E-state index in [0.29, 0.717) is 26.3 Å². The number of urea groups is 1. The van der Waals surface area contributed by atoms with Crippen molar-refractivity contribution >= 4 is 16.1 Å². The zero-order valence-electron chi connectivity index (χ0n) is 13.0. The number of carbonyl (C=O) groups excluding carboxylic acids is 1. The van der Waals surface area contributed by atoms with Crippen LogP contribution in [0.4, 0.5) is 4.79 Å². The third-order valence-corrected chi connectivity index (χ3v) is 5.96. The number of nitrogens with zero attached hydrogens (tertiary/aromatic N) is 2. The van der Waals surface area contributed by atoms with E-state index < -0.39 is 10.0 Å². The highest BCUT2D eigenvalue weighted by atomic mass is 32.2. The van der Waals surface area contributed by atoms with E-state index >= 15 is 0 Å². The molecule has 2 aliphatic rings. The van der Waals surface area contributed by atoms with Gasteiger partial charge in [0, 0.05) is 33.8 Å². The molecule has 1 N–H and O–H groups in total. The van der Waals surface area contributed by atoms with Crippen LogP contribution in [0.15, 0.2) is 0 Å². The van der Waals surface area contributed by atoms with Gasteiger partial charge in [-0.3, -0.25) is 0 Å². The zero-order valence-corrected chi connectivity index (χ0v) is 13.8. The Hall–Kier alpha value is -0.860. The summed E-state index contributed by atoms with van der Waals surface area (Å²) in [7, 11) is 0.284. The highest BCUT2D eigenvalue weighted by molar-refractivity contribution is 7.88. The van der Waals surface area contributed by atoms with Crippen LogP contribution < -0.4 is 5.32 Å². The molecule has 7 nitrogen and oxygen atoms in total. The molecule has 2 amide bonds. The normalized spacial score (nSPS) is 26.5.